The van der Waals surface area contributed by atoms with E-state index in [1.165, 1.54) is 42.3 Å². The number of halogens is 1. The van der Waals surface area contributed by atoms with Crippen LogP contribution in [0.4, 0.5) is 0 Å². The van der Waals surface area contributed by atoms with Gasteiger partial charge in [0.1, 0.15) is 5.75 Å². The monoisotopic (exact) mass is 339 g/mol. The molecule has 1 aromatic rings. The van der Waals surface area contributed by atoms with Crippen molar-refractivity contribution in [2.75, 3.05) is 13.7 Å². The zero-order valence-electron chi connectivity index (χ0n) is 12.9. The van der Waals surface area contributed by atoms with Crippen molar-refractivity contribution in [2.45, 2.75) is 52.1 Å². The van der Waals surface area contributed by atoms with E-state index >= 15 is 0 Å². The van der Waals surface area contributed by atoms with Crippen LogP contribution in [0.15, 0.2) is 22.7 Å². The molecule has 1 saturated carbocycles. The highest BCUT2D eigenvalue weighted by Gasteiger charge is 2.23. The smallest absolute Gasteiger partial charge is 0.119 e. The summed E-state index contributed by atoms with van der Waals surface area (Å²) in [5.74, 6) is 1.65. The van der Waals surface area contributed by atoms with E-state index in [-0.39, 0.29) is 0 Å². The normalized spacial score (nSPS) is 16.3. The van der Waals surface area contributed by atoms with Gasteiger partial charge in [-0.25, -0.2) is 0 Å². The van der Waals surface area contributed by atoms with Crippen molar-refractivity contribution in [2.24, 2.45) is 5.92 Å². The van der Waals surface area contributed by atoms with E-state index in [1.54, 1.807) is 7.11 Å². The Hall–Kier alpha value is -0.540. The highest BCUT2D eigenvalue weighted by atomic mass is 79.9. The maximum Gasteiger partial charge on any atom is 0.119 e. The first-order chi connectivity index (χ1) is 9.60. The fourth-order valence-electron chi connectivity index (χ4n) is 3.10. The number of ether oxygens (including phenoxy) is 1. The minimum Gasteiger partial charge on any atom is -0.497 e. The molecule has 0 aromatic heterocycles. The first-order valence-corrected chi connectivity index (χ1v) is 8.46. The first kappa shape index (κ1) is 15.8. The zero-order chi connectivity index (χ0) is 14.5. The third-order valence-corrected chi connectivity index (χ3v) is 4.84. The summed E-state index contributed by atoms with van der Waals surface area (Å²) in [6, 6.07) is 7.02. The van der Waals surface area contributed by atoms with Crippen molar-refractivity contribution in [3.05, 3.63) is 28.2 Å². The number of methoxy groups -OCH3 is 1. The molecule has 1 fully saturated rings. The van der Waals surface area contributed by atoms with Gasteiger partial charge < -0.3 is 4.74 Å². The van der Waals surface area contributed by atoms with Gasteiger partial charge in [0.15, 0.2) is 0 Å². The molecule has 1 aromatic carbocycles. The molecule has 0 saturated heterocycles. The van der Waals surface area contributed by atoms with Crippen molar-refractivity contribution >= 4 is 15.9 Å². The molecular formula is C17H26BrNO. The molecule has 1 aliphatic carbocycles. The summed E-state index contributed by atoms with van der Waals surface area (Å²) in [5, 5.41) is 0. The highest BCUT2D eigenvalue weighted by Crippen LogP contribution is 2.29. The molecule has 0 bridgehead atoms. The molecule has 1 aliphatic rings. The fraction of sp³-hybridized carbons (Fsp3) is 0.647. The van der Waals surface area contributed by atoms with Gasteiger partial charge >= 0.3 is 0 Å². The van der Waals surface area contributed by atoms with Gasteiger partial charge in [0.25, 0.3) is 0 Å². The van der Waals surface area contributed by atoms with Crippen LogP contribution in [0.25, 0.3) is 0 Å². The SMILES string of the molecule is COc1ccc(Br)c(CN(CC(C)C)C2CCCC2)c1. The molecule has 2 nitrogen and oxygen atoms in total. The predicted octanol–water partition coefficient (Wildman–Crippen LogP) is 4.86. The predicted molar refractivity (Wildman–Crippen MR) is 88.2 cm³/mol. The molecule has 0 radical (unpaired) electrons. The quantitative estimate of drug-likeness (QED) is 0.733. The maximum atomic E-state index is 5.36. The molecule has 3 heteroatoms. The summed E-state index contributed by atoms with van der Waals surface area (Å²) in [7, 11) is 1.73. The maximum absolute atomic E-state index is 5.36. The van der Waals surface area contributed by atoms with Crippen LogP contribution < -0.4 is 4.74 Å². The summed E-state index contributed by atoms with van der Waals surface area (Å²) < 4.78 is 6.54. The number of hydrogen-bond donors (Lipinski definition) is 0. The largest absolute Gasteiger partial charge is 0.497 e. The standard InChI is InChI=1S/C17H26BrNO/c1-13(2)11-19(15-6-4-5-7-15)12-14-10-16(20-3)8-9-17(14)18/h8-10,13,15H,4-7,11-12H2,1-3H3. The second kappa shape index (κ2) is 7.46. The van der Waals surface area contributed by atoms with Crippen LogP contribution in [0.5, 0.6) is 5.75 Å². The second-order valence-electron chi connectivity index (χ2n) is 6.22. The molecule has 0 unspecified atom stereocenters. The van der Waals surface area contributed by atoms with Gasteiger partial charge in [0, 0.05) is 23.6 Å². The van der Waals surface area contributed by atoms with Crippen molar-refractivity contribution in [3.63, 3.8) is 0 Å². The number of rotatable bonds is 6. The minimum absolute atomic E-state index is 0.708. The van der Waals surface area contributed by atoms with Crippen LogP contribution in [-0.4, -0.2) is 24.6 Å². The molecule has 0 amide bonds. The van der Waals surface area contributed by atoms with Gasteiger partial charge in [0.2, 0.25) is 0 Å². The Morgan fingerprint density at radius 2 is 2.00 bits per heavy atom. The first-order valence-electron chi connectivity index (χ1n) is 7.66. The van der Waals surface area contributed by atoms with E-state index in [1.807, 2.05) is 6.07 Å². The lowest BCUT2D eigenvalue weighted by atomic mass is 10.1. The molecule has 2 rings (SSSR count). The Morgan fingerprint density at radius 3 is 2.60 bits per heavy atom. The summed E-state index contributed by atoms with van der Waals surface area (Å²) in [5.41, 5.74) is 1.33. The Kier molecular flexibility index (Phi) is 5.91. The van der Waals surface area contributed by atoms with Crippen molar-refractivity contribution in [3.8, 4) is 5.75 Å². The van der Waals surface area contributed by atoms with E-state index < -0.39 is 0 Å². The molecule has 112 valence electrons. The van der Waals surface area contributed by atoms with Crippen LogP contribution >= 0.6 is 15.9 Å². The van der Waals surface area contributed by atoms with Crippen LogP contribution in [0.1, 0.15) is 45.1 Å². The Bertz CT molecular complexity index is 427. The highest BCUT2D eigenvalue weighted by molar-refractivity contribution is 9.10. The summed E-state index contributed by atoms with van der Waals surface area (Å²) in [6.45, 7) is 6.81. The summed E-state index contributed by atoms with van der Waals surface area (Å²) >= 11 is 3.68. The average molecular weight is 340 g/mol. The molecular weight excluding hydrogens is 314 g/mol. The zero-order valence-corrected chi connectivity index (χ0v) is 14.4. The van der Waals surface area contributed by atoms with Gasteiger partial charge in [0.05, 0.1) is 7.11 Å². The molecule has 0 heterocycles. The van der Waals surface area contributed by atoms with Gasteiger partial charge in [-0.3, -0.25) is 4.90 Å². The third kappa shape index (κ3) is 4.23. The van der Waals surface area contributed by atoms with Gasteiger partial charge in [-0.15, -0.1) is 0 Å². The molecule has 0 atom stereocenters. The molecule has 0 spiro atoms. The van der Waals surface area contributed by atoms with E-state index in [2.05, 4.69) is 46.8 Å². The lowest BCUT2D eigenvalue weighted by Gasteiger charge is -2.31. The van der Waals surface area contributed by atoms with E-state index in [0.29, 0.717) is 5.92 Å². The molecule has 0 N–H and O–H groups in total. The van der Waals surface area contributed by atoms with Crippen LogP contribution in [0.2, 0.25) is 0 Å². The van der Waals surface area contributed by atoms with Crippen LogP contribution in [0.3, 0.4) is 0 Å². The molecule has 20 heavy (non-hydrogen) atoms. The number of hydrogen-bond acceptors (Lipinski definition) is 2. The van der Waals surface area contributed by atoms with Crippen molar-refractivity contribution in [1.82, 2.24) is 4.90 Å². The Morgan fingerprint density at radius 1 is 1.30 bits per heavy atom. The minimum atomic E-state index is 0.708. The van der Waals surface area contributed by atoms with Gasteiger partial charge in [-0.1, -0.05) is 42.6 Å². The second-order valence-corrected chi connectivity index (χ2v) is 7.07. The third-order valence-electron chi connectivity index (χ3n) is 4.07. The summed E-state index contributed by atoms with van der Waals surface area (Å²) in [4.78, 5) is 2.66. The lowest BCUT2D eigenvalue weighted by molar-refractivity contribution is 0.168. The van der Waals surface area contributed by atoms with E-state index in [4.69, 9.17) is 4.74 Å². The summed E-state index contributed by atoms with van der Waals surface area (Å²) in [6.07, 6.45) is 5.49. The van der Waals surface area contributed by atoms with Gasteiger partial charge in [-0.05, 0) is 42.5 Å². The lowest BCUT2D eigenvalue weighted by Crippen LogP contribution is -2.35. The van der Waals surface area contributed by atoms with E-state index in [0.717, 1.165) is 18.3 Å². The van der Waals surface area contributed by atoms with Crippen LogP contribution in [-0.2, 0) is 6.54 Å². The van der Waals surface area contributed by atoms with E-state index in [9.17, 15) is 0 Å². The number of nitrogens with zero attached hydrogens (tertiary/aromatic N) is 1. The van der Waals surface area contributed by atoms with Crippen molar-refractivity contribution < 1.29 is 4.74 Å². The Labute approximate surface area is 131 Å². The van der Waals surface area contributed by atoms with Crippen LogP contribution in [0, 0.1) is 5.92 Å². The fourth-order valence-corrected chi connectivity index (χ4v) is 3.47. The number of benzene rings is 1. The average Bonchev–Trinajstić information content (AvgIpc) is 2.94. The topological polar surface area (TPSA) is 12.5 Å². The molecule has 0 aliphatic heterocycles. The Balaban J connectivity index is 2.13. The van der Waals surface area contributed by atoms with Gasteiger partial charge in [-0.2, -0.15) is 0 Å². The van der Waals surface area contributed by atoms with Crippen molar-refractivity contribution in [1.29, 1.82) is 0 Å².